The van der Waals surface area contributed by atoms with Crippen molar-refractivity contribution in [3.8, 4) is 0 Å². The second-order valence-corrected chi connectivity index (χ2v) is 6.06. The highest BCUT2D eigenvalue weighted by Crippen LogP contribution is 2.16. The van der Waals surface area contributed by atoms with E-state index in [0.717, 1.165) is 5.56 Å². The SMILES string of the molecule is CC(C)(N)C(=O)Nc1ccc(=O)n(Cc2ccccc2Cl)c1. The molecule has 0 bridgehead atoms. The highest BCUT2D eigenvalue weighted by Gasteiger charge is 2.21. The Kier molecular flexibility index (Phi) is 4.68. The van der Waals surface area contributed by atoms with Gasteiger partial charge in [-0.2, -0.15) is 0 Å². The number of pyridine rings is 1. The van der Waals surface area contributed by atoms with E-state index in [-0.39, 0.29) is 11.5 Å². The molecule has 0 fully saturated rings. The molecule has 0 spiro atoms. The summed E-state index contributed by atoms with van der Waals surface area (Å²) in [5.41, 5.74) is 5.90. The molecule has 1 aromatic heterocycles. The zero-order valence-corrected chi connectivity index (χ0v) is 13.2. The minimum Gasteiger partial charge on any atom is -0.323 e. The van der Waals surface area contributed by atoms with E-state index < -0.39 is 5.54 Å². The molecule has 0 aliphatic rings. The number of benzene rings is 1. The lowest BCUT2D eigenvalue weighted by atomic mass is 10.1. The number of aromatic nitrogens is 1. The van der Waals surface area contributed by atoms with Gasteiger partial charge in [0, 0.05) is 17.3 Å². The number of hydrogen-bond donors (Lipinski definition) is 2. The van der Waals surface area contributed by atoms with E-state index in [9.17, 15) is 9.59 Å². The minimum atomic E-state index is -0.996. The maximum atomic E-state index is 12.0. The normalized spacial score (nSPS) is 11.3. The standard InChI is InChI=1S/C16H18ClN3O2/c1-16(2,18)15(22)19-12-7-8-14(21)20(10-12)9-11-5-3-4-6-13(11)17/h3-8,10H,9,18H2,1-2H3,(H,19,22). The Morgan fingerprint density at radius 2 is 1.95 bits per heavy atom. The first-order valence-electron chi connectivity index (χ1n) is 6.81. The van der Waals surface area contributed by atoms with Gasteiger partial charge in [0.15, 0.2) is 0 Å². The number of carbonyl (C=O) groups is 1. The second kappa shape index (κ2) is 6.34. The van der Waals surface area contributed by atoms with Crippen molar-refractivity contribution >= 4 is 23.2 Å². The number of anilines is 1. The summed E-state index contributed by atoms with van der Waals surface area (Å²) < 4.78 is 1.49. The van der Waals surface area contributed by atoms with Crippen molar-refractivity contribution in [3.63, 3.8) is 0 Å². The monoisotopic (exact) mass is 319 g/mol. The van der Waals surface area contributed by atoms with Gasteiger partial charge in [-0.15, -0.1) is 0 Å². The van der Waals surface area contributed by atoms with Crippen LogP contribution in [-0.4, -0.2) is 16.0 Å². The summed E-state index contributed by atoms with van der Waals surface area (Å²) in [5, 5.41) is 3.28. The van der Waals surface area contributed by atoms with Crippen LogP contribution in [0.1, 0.15) is 19.4 Å². The van der Waals surface area contributed by atoms with Crippen molar-refractivity contribution in [3.05, 3.63) is 63.5 Å². The van der Waals surface area contributed by atoms with E-state index in [1.807, 2.05) is 18.2 Å². The Hall–Kier alpha value is -2.11. The summed E-state index contributed by atoms with van der Waals surface area (Å²) in [5.74, 6) is -0.324. The molecule has 3 N–H and O–H groups in total. The summed E-state index contributed by atoms with van der Waals surface area (Å²) in [6.45, 7) is 3.55. The Morgan fingerprint density at radius 3 is 2.59 bits per heavy atom. The van der Waals surface area contributed by atoms with Crippen LogP contribution in [0.25, 0.3) is 0 Å². The molecular formula is C16H18ClN3O2. The van der Waals surface area contributed by atoms with Gasteiger partial charge < -0.3 is 15.6 Å². The van der Waals surface area contributed by atoms with Gasteiger partial charge in [0.1, 0.15) is 0 Å². The molecule has 0 atom stereocenters. The van der Waals surface area contributed by atoms with Gasteiger partial charge in [-0.25, -0.2) is 0 Å². The lowest BCUT2D eigenvalue weighted by Gasteiger charge is -2.18. The molecule has 22 heavy (non-hydrogen) atoms. The molecule has 0 saturated carbocycles. The molecule has 1 heterocycles. The van der Waals surface area contributed by atoms with Gasteiger partial charge in [0.25, 0.3) is 5.56 Å². The van der Waals surface area contributed by atoms with E-state index >= 15 is 0 Å². The number of rotatable bonds is 4. The average Bonchev–Trinajstić information content (AvgIpc) is 2.44. The van der Waals surface area contributed by atoms with Crippen LogP contribution in [0.3, 0.4) is 0 Å². The smallest absolute Gasteiger partial charge is 0.250 e. The summed E-state index contributed by atoms with van der Waals surface area (Å²) in [4.78, 5) is 23.9. The summed E-state index contributed by atoms with van der Waals surface area (Å²) in [7, 11) is 0. The van der Waals surface area contributed by atoms with E-state index in [1.54, 1.807) is 32.2 Å². The van der Waals surface area contributed by atoms with Crippen molar-refractivity contribution in [2.24, 2.45) is 5.73 Å². The van der Waals surface area contributed by atoms with Gasteiger partial charge in [-0.1, -0.05) is 29.8 Å². The first-order chi connectivity index (χ1) is 10.3. The van der Waals surface area contributed by atoms with Crippen LogP contribution in [0.15, 0.2) is 47.4 Å². The first kappa shape index (κ1) is 16.3. The van der Waals surface area contributed by atoms with Crippen LogP contribution in [0.4, 0.5) is 5.69 Å². The second-order valence-electron chi connectivity index (χ2n) is 5.65. The topological polar surface area (TPSA) is 77.1 Å². The Morgan fingerprint density at radius 1 is 1.27 bits per heavy atom. The molecule has 1 aromatic carbocycles. The predicted molar refractivity (Wildman–Crippen MR) is 88.2 cm³/mol. The van der Waals surface area contributed by atoms with Crippen molar-refractivity contribution in [2.75, 3.05) is 5.32 Å². The van der Waals surface area contributed by atoms with Crippen molar-refractivity contribution in [1.29, 1.82) is 0 Å². The van der Waals surface area contributed by atoms with E-state index in [1.165, 1.54) is 10.6 Å². The maximum Gasteiger partial charge on any atom is 0.250 e. The van der Waals surface area contributed by atoms with Crippen LogP contribution < -0.4 is 16.6 Å². The zero-order valence-electron chi connectivity index (χ0n) is 12.5. The van der Waals surface area contributed by atoms with Crippen molar-refractivity contribution in [2.45, 2.75) is 25.9 Å². The van der Waals surface area contributed by atoms with Crippen LogP contribution >= 0.6 is 11.6 Å². The molecule has 2 aromatic rings. The van der Waals surface area contributed by atoms with E-state index in [4.69, 9.17) is 17.3 Å². The largest absolute Gasteiger partial charge is 0.323 e. The van der Waals surface area contributed by atoms with Gasteiger partial charge in [-0.3, -0.25) is 9.59 Å². The number of amides is 1. The highest BCUT2D eigenvalue weighted by molar-refractivity contribution is 6.31. The molecule has 0 radical (unpaired) electrons. The molecule has 1 amide bonds. The fraction of sp³-hybridized carbons (Fsp3) is 0.250. The molecular weight excluding hydrogens is 302 g/mol. The molecule has 0 saturated heterocycles. The predicted octanol–water partition coefficient (Wildman–Crippen LogP) is 2.23. The van der Waals surface area contributed by atoms with Gasteiger partial charge >= 0.3 is 0 Å². The number of nitrogens with two attached hydrogens (primary N) is 1. The lowest BCUT2D eigenvalue weighted by Crippen LogP contribution is -2.45. The Balaban J connectivity index is 2.26. The third-order valence-corrected chi connectivity index (χ3v) is 3.49. The van der Waals surface area contributed by atoms with Gasteiger partial charge in [-0.05, 0) is 31.5 Å². The highest BCUT2D eigenvalue weighted by atomic mass is 35.5. The van der Waals surface area contributed by atoms with E-state index in [0.29, 0.717) is 17.3 Å². The first-order valence-corrected chi connectivity index (χ1v) is 7.19. The summed E-state index contributed by atoms with van der Waals surface area (Å²) in [6, 6.07) is 10.3. The number of carbonyl (C=O) groups excluding carboxylic acids is 1. The zero-order chi connectivity index (χ0) is 16.3. The number of nitrogens with zero attached hydrogens (tertiary/aromatic N) is 1. The van der Waals surface area contributed by atoms with Crippen molar-refractivity contribution < 1.29 is 4.79 Å². The van der Waals surface area contributed by atoms with Gasteiger partial charge in [0.05, 0.1) is 17.8 Å². The average molecular weight is 320 g/mol. The maximum absolute atomic E-state index is 12.0. The third-order valence-electron chi connectivity index (χ3n) is 3.13. The fourth-order valence-corrected chi connectivity index (χ4v) is 2.03. The van der Waals surface area contributed by atoms with Crippen LogP contribution in [0.2, 0.25) is 5.02 Å². The van der Waals surface area contributed by atoms with Crippen LogP contribution in [0, 0.1) is 0 Å². The minimum absolute atomic E-state index is 0.176. The summed E-state index contributed by atoms with van der Waals surface area (Å²) >= 11 is 6.11. The Bertz CT molecular complexity index is 748. The van der Waals surface area contributed by atoms with Crippen LogP contribution in [0.5, 0.6) is 0 Å². The van der Waals surface area contributed by atoms with E-state index in [2.05, 4.69) is 5.32 Å². The molecule has 2 rings (SSSR count). The Labute approximate surface area is 133 Å². The summed E-state index contributed by atoms with van der Waals surface area (Å²) in [6.07, 6.45) is 1.58. The molecule has 5 nitrogen and oxygen atoms in total. The van der Waals surface area contributed by atoms with Gasteiger partial charge in [0.2, 0.25) is 5.91 Å². The molecule has 0 aliphatic carbocycles. The fourth-order valence-electron chi connectivity index (χ4n) is 1.83. The number of halogens is 1. The molecule has 0 aliphatic heterocycles. The molecule has 6 heteroatoms. The quantitative estimate of drug-likeness (QED) is 0.907. The number of nitrogens with one attached hydrogen (secondary N) is 1. The number of hydrogen-bond acceptors (Lipinski definition) is 3. The third kappa shape index (κ3) is 3.96. The molecule has 0 unspecified atom stereocenters. The molecule has 116 valence electrons. The lowest BCUT2D eigenvalue weighted by molar-refractivity contribution is -0.120. The van der Waals surface area contributed by atoms with Crippen molar-refractivity contribution in [1.82, 2.24) is 4.57 Å². The van der Waals surface area contributed by atoms with Crippen LogP contribution in [-0.2, 0) is 11.3 Å².